The largest absolute Gasteiger partial charge is 0.394 e. The molecule has 0 aliphatic carbocycles. The molecule has 1 heterocycles. The minimum Gasteiger partial charge on any atom is -0.394 e. The van der Waals surface area contributed by atoms with Crippen LogP contribution in [-0.4, -0.2) is 71.2 Å². The van der Waals surface area contributed by atoms with Crippen LogP contribution in [0.1, 0.15) is 0 Å². The first kappa shape index (κ1) is 11.4. The number of aliphatic hydroxyl groups is 3. The Labute approximate surface area is 81.7 Å². The van der Waals surface area contributed by atoms with Gasteiger partial charge in [-0.15, -0.1) is 0 Å². The second-order valence-corrected chi connectivity index (χ2v) is 3.49. The molecule has 1 rings (SSSR count). The lowest BCUT2D eigenvalue weighted by Crippen LogP contribution is -2.42. The summed E-state index contributed by atoms with van der Waals surface area (Å²) in [7, 11) is 3.05. The molecular formula is C8H15NO5. The Bertz CT molecular complexity index is 220. The highest BCUT2D eigenvalue weighted by atomic mass is 16.6. The van der Waals surface area contributed by atoms with Crippen LogP contribution in [0.3, 0.4) is 0 Å². The van der Waals surface area contributed by atoms with E-state index >= 15 is 0 Å². The van der Waals surface area contributed by atoms with Gasteiger partial charge < -0.3 is 25.0 Å². The van der Waals surface area contributed by atoms with Crippen molar-refractivity contribution in [1.82, 2.24) is 4.90 Å². The number of aliphatic hydroxyl groups excluding tert-OH is 3. The molecule has 1 aliphatic heterocycles. The lowest BCUT2D eigenvalue weighted by Gasteiger charge is -2.18. The fourth-order valence-corrected chi connectivity index (χ4v) is 1.36. The molecule has 14 heavy (non-hydrogen) atoms. The van der Waals surface area contributed by atoms with Crippen LogP contribution in [-0.2, 0) is 9.53 Å². The van der Waals surface area contributed by atoms with E-state index in [1.165, 1.54) is 19.0 Å². The van der Waals surface area contributed by atoms with Crippen LogP contribution in [0.25, 0.3) is 0 Å². The zero-order valence-corrected chi connectivity index (χ0v) is 8.12. The van der Waals surface area contributed by atoms with Gasteiger partial charge in [-0.3, -0.25) is 4.79 Å². The molecule has 0 saturated carbocycles. The molecule has 0 radical (unpaired) electrons. The number of carbonyl (C=O) groups is 1. The van der Waals surface area contributed by atoms with E-state index in [9.17, 15) is 15.0 Å². The molecule has 82 valence electrons. The predicted octanol–water partition coefficient (Wildman–Crippen LogP) is -2.44. The number of ether oxygens (including phenoxy) is 1. The Morgan fingerprint density at radius 2 is 1.93 bits per heavy atom. The third-order valence-corrected chi connectivity index (χ3v) is 2.23. The van der Waals surface area contributed by atoms with Gasteiger partial charge in [-0.2, -0.15) is 0 Å². The van der Waals surface area contributed by atoms with E-state index in [4.69, 9.17) is 9.84 Å². The number of hydrogen-bond acceptors (Lipinski definition) is 5. The van der Waals surface area contributed by atoms with E-state index in [2.05, 4.69) is 0 Å². The van der Waals surface area contributed by atoms with E-state index in [1.807, 2.05) is 0 Å². The van der Waals surface area contributed by atoms with Gasteiger partial charge in [0, 0.05) is 14.1 Å². The highest BCUT2D eigenvalue weighted by Gasteiger charge is 2.46. The third-order valence-electron chi connectivity index (χ3n) is 2.23. The van der Waals surface area contributed by atoms with Gasteiger partial charge in [0.1, 0.15) is 18.3 Å². The highest BCUT2D eigenvalue weighted by molar-refractivity contribution is 5.81. The molecular weight excluding hydrogens is 190 g/mol. The Morgan fingerprint density at radius 1 is 1.36 bits per heavy atom. The van der Waals surface area contributed by atoms with E-state index in [1.54, 1.807) is 0 Å². The summed E-state index contributed by atoms with van der Waals surface area (Å²) in [6.45, 7) is -0.421. The summed E-state index contributed by atoms with van der Waals surface area (Å²) in [5, 5.41) is 27.6. The second-order valence-electron chi connectivity index (χ2n) is 3.49. The van der Waals surface area contributed by atoms with Crippen molar-refractivity contribution in [3.8, 4) is 0 Å². The zero-order valence-electron chi connectivity index (χ0n) is 8.12. The maximum absolute atomic E-state index is 11.4. The number of rotatable bonds is 2. The molecule has 0 spiro atoms. The molecule has 0 aromatic rings. The molecule has 0 unspecified atom stereocenters. The van der Waals surface area contributed by atoms with Crippen molar-refractivity contribution in [2.24, 2.45) is 0 Å². The summed E-state index contributed by atoms with van der Waals surface area (Å²) < 4.78 is 5.02. The Balaban J connectivity index is 2.69. The standard InChI is InChI=1S/C8H15NO5/c1-9(2)8(13)7-6(12)5(11)4(3-10)14-7/h4-7,10-12H,3H2,1-2H3/t4-,5-,6+,7-/m0/s1. The molecule has 1 amide bonds. The smallest absolute Gasteiger partial charge is 0.254 e. The minimum atomic E-state index is -1.28. The molecule has 6 nitrogen and oxygen atoms in total. The molecule has 6 heteroatoms. The van der Waals surface area contributed by atoms with Crippen molar-refractivity contribution in [2.45, 2.75) is 24.4 Å². The number of likely N-dealkylation sites (N-methyl/N-ethyl adjacent to an activating group) is 1. The average molecular weight is 205 g/mol. The van der Waals surface area contributed by atoms with Crippen molar-refractivity contribution >= 4 is 5.91 Å². The topological polar surface area (TPSA) is 90.2 Å². The van der Waals surface area contributed by atoms with Crippen LogP contribution in [0.4, 0.5) is 0 Å². The van der Waals surface area contributed by atoms with Gasteiger partial charge in [-0.25, -0.2) is 0 Å². The summed E-state index contributed by atoms with van der Waals surface area (Å²) in [6.07, 6.45) is -4.47. The van der Waals surface area contributed by atoms with Crippen molar-refractivity contribution in [3.05, 3.63) is 0 Å². The summed E-state index contributed by atoms with van der Waals surface area (Å²) in [5.74, 6) is -0.424. The summed E-state index contributed by atoms with van der Waals surface area (Å²) in [5.41, 5.74) is 0. The van der Waals surface area contributed by atoms with E-state index in [0.717, 1.165) is 0 Å². The SMILES string of the molecule is CN(C)C(=O)[C@H]1O[C@@H](CO)[C@H](O)[C@H]1O. The molecule has 3 N–H and O–H groups in total. The fourth-order valence-electron chi connectivity index (χ4n) is 1.36. The van der Waals surface area contributed by atoms with Crippen LogP contribution >= 0.6 is 0 Å². The molecule has 1 aliphatic rings. The summed E-state index contributed by atoms with van der Waals surface area (Å²) in [4.78, 5) is 12.7. The van der Waals surface area contributed by atoms with Gasteiger partial charge in [-0.1, -0.05) is 0 Å². The molecule has 0 aromatic carbocycles. The van der Waals surface area contributed by atoms with Crippen molar-refractivity contribution in [2.75, 3.05) is 20.7 Å². The quantitative estimate of drug-likeness (QED) is 0.466. The summed E-state index contributed by atoms with van der Waals surface area (Å²) >= 11 is 0. The molecule has 1 fully saturated rings. The van der Waals surface area contributed by atoms with Crippen LogP contribution in [0.2, 0.25) is 0 Å². The Kier molecular flexibility index (Phi) is 3.43. The minimum absolute atomic E-state index is 0.421. The van der Waals surface area contributed by atoms with Crippen LogP contribution in [0, 0.1) is 0 Å². The fraction of sp³-hybridized carbons (Fsp3) is 0.875. The van der Waals surface area contributed by atoms with Crippen molar-refractivity contribution in [1.29, 1.82) is 0 Å². The first-order valence-electron chi connectivity index (χ1n) is 4.32. The van der Waals surface area contributed by atoms with Gasteiger partial charge in [0.25, 0.3) is 5.91 Å². The number of nitrogens with zero attached hydrogens (tertiary/aromatic N) is 1. The maximum Gasteiger partial charge on any atom is 0.254 e. The van der Waals surface area contributed by atoms with Crippen molar-refractivity contribution < 1.29 is 24.9 Å². The third kappa shape index (κ3) is 1.88. The second kappa shape index (κ2) is 4.22. The first-order valence-corrected chi connectivity index (χ1v) is 4.32. The number of hydrogen-bond donors (Lipinski definition) is 3. The van der Waals surface area contributed by atoms with Crippen LogP contribution in [0.5, 0.6) is 0 Å². The molecule has 0 bridgehead atoms. The molecule has 1 saturated heterocycles. The zero-order chi connectivity index (χ0) is 10.9. The first-order chi connectivity index (χ1) is 6.49. The van der Waals surface area contributed by atoms with Gasteiger partial charge in [0.2, 0.25) is 0 Å². The lowest BCUT2D eigenvalue weighted by molar-refractivity contribution is -0.144. The summed E-state index contributed by atoms with van der Waals surface area (Å²) in [6, 6.07) is 0. The predicted molar refractivity (Wildman–Crippen MR) is 46.5 cm³/mol. The van der Waals surface area contributed by atoms with Gasteiger partial charge >= 0.3 is 0 Å². The van der Waals surface area contributed by atoms with Gasteiger partial charge in [-0.05, 0) is 0 Å². The van der Waals surface area contributed by atoms with Crippen molar-refractivity contribution in [3.63, 3.8) is 0 Å². The monoisotopic (exact) mass is 205 g/mol. The Hall–Kier alpha value is -0.690. The van der Waals surface area contributed by atoms with E-state index in [-0.39, 0.29) is 0 Å². The normalized spacial score (nSPS) is 37.2. The molecule has 4 atom stereocenters. The van der Waals surface area contributed by atoms with E-state index in [0.29, 0.717) is 0 Å². The maximum atomic E-state index is 11.4. The molecule has 0 aromatic heterocycles. The lowest BCUT2D eigenvalue weighted by atomic mass is 10.1. The number of amides is 1. The van der Waals surface area contributed by atoms with Crippen LogP contribution < -0.4 is 0 Å². The Morgan fingerprint density at radius 3 is 2.29 bits per heavy atom. The van der Waals surface area contributed by atoms with E-state index < -0.39 is 36.9 Å². The average Bonchev–Trinajstić information content (AvgIpc) is 2.43. The highest BCUT2D eigenvalue weighted by Crippen LogP contribution is 2.21. The van der Waals surface area contributed by atoms with Crippen LogP contribution in [0.15, 0.2) is 0 Å². The van der Waals surface area contributed by atoms with Gasteiger partial charge in [0.05, 0.1) is 6.61 Å². The van der Waals surface area contributed by atoms with Gasteiger partial charge in [0.15, 0.2) is 6.10 Å². The number of carbonyl (C=O) groups excluding carboxylic acids is 1.